The predicted molar refractivity (Wildman–Crippen MR) is 113 cm³/mol. The van der Waals surface area contributed by atoms with Crippen molar-refractivity contribution in [2.75, 3.05) is 30.4 Å². The molecule has 0 spiro atoms. The maximum absolute atomic E-state index is 12.2. The third-order valence-electron chi connectivity index (χ3n) is 4.60. The Morgan fingerprint density at radius 2 is 1.75 bits per heavy atom. The Bertz CT molecular complexity index is 816. The Kier molecular flexibility index (Phi) is 7.87. The second-order valence-electron chi connectivity index (χ2n) is 6.49. The summed E-state index contributed by atoms with van der Waals surface area (Å²) in [4.78, 5) is 26.6. The highest BCUT2D eigenvalue weighted by Gasteiger charge is 2.12. The first-order valence-electron chi connectivity index (χ1n) is 9.52. The SMILES string of the molecule is CCN(CC)c1ccc(NC(=O)CC(=O)NCc2ccccc2OC)c(C)c1. The number of benzene rings is 2. The fourth-order valence-electron chi connectivity index (χ4n) is 3.02. The van der Waals surface area contributed by atoms with E-state index in [4.69, 9.17) is 4.74 Å². The lowest BCUT2D eigenvalue weighted by Gasteiger charge is -2.22. The largest absolute Gasteiger partial charge is 0.496 e. The molecule has 0 radical (unpaired) electrons. The Balaban J connectivity index is 1.90. The van der Waals surface area contributed by atoms with Gasteiger partial charge in [0.25, 0.3) is 0 Å². The first-order valence-corrected chi connectivity index (χ1v) is 9.52. The maximum atomic E-state index is 12.2. The van der Waals surface area contributed by atoms with E-state index in [9.17, 15) is 9.59 Å². The lowest BCUT2D eigenvalue weighted by Crippen LogP contribution is -2.28. The molecule has 0 heterocycles. The number of carbonyl (C=O) groups is 2. The van der Waals surface area contributed by atoms with Gasteiger partial charge in [0.2, 0.25) is 11.8 Å². The van der Waals surface area contributed by atoms with Crippen molar-refractivity contribution in [3.8, 4) is 5.75 Å². The molecule has 0 aromatic heterocycles. The van der Waals surface area contributed by atoms with Gasteiger partial charge in [-0.25, -0.2) is 0 Å². The summed E-state index contributed by atoms with van der Waals surface area (Å²) in [5, 5.41) is 5.58. The van der Waals surface area contributed by atoms with Gasteiger partial charge in [-0.15, -0.1) is 0 Å². The van der Waals surface area contributed by atoms with E-state index in [-0.39, 0.29) is 18.2 Å². The number of nitrogens with zero attached hydrogens (tertiary/aromatic N) is 1. The molecule has 0 saturated carbocycles. The van der Waals surface area contributed by atoms with Gasteiger partial charge in [0.1, 0.15) is 12.2 Å². The van der Waals surface area contributed by atoms with Crippen molar-refractivity contribution in [1.82, 2.24) is 5.32 Å². The molecule has 0 aliphatic carbocycles. The minimum Gasteiger partial charge on any atom is -0.496 e. The zero-order valence-electron chi connectivity index (χ0n) is 17.0. The number of nitrogens with one attached hydrogen (secondary N) is 2. The van der Waals surface area contributed by atoms with Gasteiger partial charge in [-0.3, -0.25) is 9.59 Å². The number of hydrogen-bond donors (Lipinski definition) is 2. The molecule has 0 unspecified atom stereocenters. The molecular weight excluding hydrogens is 354 g/mol. The highest BCUT2D eigenvalue weighted by molar-refractivity contribution is 6.03. The first-order chi connectivity index (χ1) is 13.5. The quantitative estimate of drug-likeness (QED) is 0.650. The van der Waals surface area contributed by atoms with Gasteiger partial charge < -0.3 is 20.3 Å². The second kappa shape index (κ2) is 10.3. The van der Waals surface area contributed by atoms with Crippen LogP contribution < -0.4 is 20.3 Å². The zero-order chi connectivity index (χ0) is 20.5. The Morgan fingerprint density at radius 3 is 2.39 bits per heavy atom. The molecule has 0 bridgehead atoms. The average Bonchev–Trinajstić information content (AvgIpc) is 2.69. The zero-order valence-corrected chi connectivity index (χ0v) is 17.0. The summed E-state index contributed by atoms with van der Waals surface area (Å²) >= 11 is 0. The standard InChI is InChI=1S/C22H29N3O3/c1-5-25(6-2)18-11-12-19(16(3)13-18)24-22(27)14-21(26)23-15-17-9-7-8-10-20(17)28-4/h7-13H,5-6,14-15H2,1-4H3,(H,23,26)(H,24,27). The molecule has 6 heteroatoms. The number of carbonyl (C=O) groups excluding carboxylic acids is 2. The number of methoxy groups -OCH3 is 1. The third kappa shape index (κ3) is 5.74. The number of amides is 2. The van der Waals surface area contributed by atoms with E-state index in [1.54, 1.807) is 7.11 Å². The molecule has 0 saturated heterocycles. The fourth-order valence-corrected chi connectivity index (χ4v) is 3.02. The second-order valence-corrected chi connectivity index (χ2v) is 6.49. The van der Waals surface area contributed by atoms with Gasteiger partial charge in [0.15, 0.2) is 0 Å². The average molecular weight is 383 g/mol. The Hall–Kier alpha value is -3.02. The molecule has 2 rings (SSSR count). The Labute approximate surface area is 166 Å². The van der Waals surface area contributed by atoms with Crippen molar-refractivity contribution in [2.45, 2.75) is 33.7 Å². The molecule has 2 aromatic carbocycles. The molecular formula is C22H29N3O3. The van der Waals surface area contributed by atoms with Crippen molar-refractivity contribution in [3.05, 3.63) is 53.6 Å². The van der Waals surface area contributed by atoms with E-state index in [0.29, 0.717) is 12.3 Å². The number of para-hydroxylation sites is 1. The number of hydrogen-bond acceptors (Lipinski definition) is 4. The molecule has 150 valence electrons. The maximum Gasteiger partial charge on any atom is 0.233 e. The topological polar surface area (TPSA) is 70.7 Å². The molecule has 0 atom stereocenters. The Morgan fingerprint density at radius 1 is 1.04 bits per heavy atom. The molecule has 2 N–H and O–H groups in total. The highest BCUT2D eigenvalue weighted by Crippen LogP contribution is 2.23. The van der Waals surface area contributed by atoms with Crippen LogP contribution in [0, 0.1) is 6.92 Å². The summed E-state index contributed by atoms with van der Waals surface area (Å²) in [6, 6.07) is 13.4. The van der Waals surface area contributed by atoms with Crippen LogP contribution in [-0.2, 0) is 16.1 Å². The lowest BCUT2D eigenvalue weighted by molar-refractivity contribution is -0.126. The van der Waals surface area contributed by atoms with E-state index >= 15 is 0 Å². The van der Waals surface area contributed by atoms with E-state index in [1.165, 1.54) is 0 Å². The summed E-state index contributed by atoms with van der Waals surface area (Å²) in [5.41, 5.74) is 3.67. The molecule has 2 aromatic rings. The van der Waals surface area contributed by atoms with Crippen LogP contribution in [0.25, 0.3) is 0 Å². The van der Waals surface area contributed by atoms with Crippen molar-refractivity contribution in [2.24, 2.45) is 0 Å². The summed E-state index contributed by atoms with van der Waals surface area (Å²) < 4.78 is 5.26. The third-order valence-corrected chi connectivity index (χ3v) is 4.60. The van der Waals surface area contributed by atoms with Gasteiger partial charge in [-0.05, 0) is 50.6 Å². The van der Waals surface area contributed by atoms with Crippen LogP contribution in [0.2, 0.25) is 0 Å². The monoisotopic (exact) mass is 383 g/mol. The molecule has 6 nitrogen and oxygen atoms in total. The molecule has 0 aliphatic rings. The van der Waals surface area contributed by atoms with Crippen molar-refractivity contribution in [3.63, 3.8) is 0 Å². The fraction of sp³-hybridized carbons (Fsp3) is 0.364. The minimum absolute atomic E-state index is 0.230. The normalized spacial score (nSPS) is 10.3. The van der Waals surface area contributed by atoms with E-state index in [2.05, 4.69) is 29.4 Å². The molecule has 2 amide bonds. The van der Waals surface area contributed by atoms with Crippen LogP contribution in [0.4, 0.5) is 11.4 Å². The van der Waals surface area contributed by atoms with Gasteiger partial charge in [-0.1, -0.05) is 18.2 Å². The van der Waals surface area contributed by atoms with E-state index < -0.39 is 0 Å². The van der Waals surface area contributed by atoms with Crippen LogP contribution in [-0.4, -0.2) is 32.0 Å². The van der Waals surface area contributed by atoms with Crippen LogP contribution in [0.3, 0.4) is 0 Å². The highest BCUT2D eigenvalue weighted by atomic mass is 16.5. The van der Waals surface area contributed by atoms with E-state index in [1.807, 2.05) is 49.4 Å². The first kappa shape index (κ1) is 21.3. The molecule has 28 heavy (non-hydrogen) atoms. The van der Waals surface area contributed by atoms with Crippen molar-refractivity contribution in [1.29, 1.82) is 0 Å². The summed E-state index contributed by atoms with van der Waals surface area (Å²) in [7, 11) is 1.59. The number of anilines is 2. The van der Waals surface area contributed by atoms with Crippen molar-refractivity contribution >= 4 is 23.2 Å². The van der Waals surface area contributed by atoms with Gasteiger partial charge in [0.05, 0.1) is 7.11 Å². The lowest BCUT2D eigenvalue weighted by atomic mass is 10.1. The number of rotatable bonds is 9. The van der Waals surface area contributed by atoms with Crippen LogP contribution in [0.1, 0.15) is 31.4 Å². The summed E-state index contributed by atoms with van der Waals surface area (Å²) in [6.07, 6.45) is -0.230. The molecule has 0 fully saturated rings. The predicted octanol–water partition coefficient (Wildman–Crippen LogP) is 3.49. The van der Waals surface area contributed by atoms with E-state index in [0.717, 1.165) is 35.6 Å². The van der Waals surface area contributed by atoms with Crippen molar-refractivity contribution < 1.29 is 14.3 Å². The van der Waals surface area contributed by atoms with Gasteiger partial charge >= 0.3 is 0 Å². The van der Waals surface area contributed by atoms with Crippen LogP contribution in [0.5, 0.6) is 5.75 Å². The number of aryl methyl sites for hydroxylation is 1. The summed E-state index contributed by atoms with van der Waals surface area (Å²) in [5.74, 6) is 0.0354. The van der Waals surface area contributed by atoms with Crippen LogP contribution in [0.15, 0.2) is 42.5 Å². The van der Waals surface area contributed by atoms with Gasteiger partial charge in [0, 0.05) is 36.6 Å². The van der Waals surface area contributed by atoms with Crippen LogP contribution >= 0.6 is 0 Å². The number of ether oxygens (including phenoxy) is 1. The smallest absolute Gasteiger partial charge is 0.233 e. The minimum atomic E-state index is -0.337. The molecule has 0 aliphatic heterocycles. The van der Waals surface area contributed by atoms with Gasteiger partial charge in [-0.2, -0.15) is 0 Å². The summed E-state index contributed by atoms with van der Waals surface area (Å²) in [6.45, 7) is 8.33.